The Morgan fingerprint density at radius 2 is 2.00 bits per heavy atom. The number of rotatable bonds is 9. The molecule has 0 bridgehead atoms. The Bertz CT molecular complexity index is 1130. The van der Waals surface area contributed by atoms with Crippen molar-refractivity contribution in [2.24, 2.45) is 0 Å². The van der Waals surface area contributed by atoms with Gasteiger partial charge in [0.25, 0.3) is 5.09 Å². The van der Waals surface area contributed by atoms with Crippen LogP contribution in [0.4, 0.5) is 9.18 Å². The summed E-state index contributed by atoms with van der Waals surface area (Å²) in [7, 11) is -4.04. The van der Waals surface area contributed by atoms with Gasteiger partial charge in [0, 0.05) is 42.6 Å². The van der Waals surface area contributed by atoms with Crippen molar-refractivity contribution in [3.05, 3.63) is 46.5 Å². The molecular formula is C21H27FN4O7S. The first-order valence-electron chi connectivity index (χ1n) is 10.9. The van der Waals surface area contributed by atoms with Gasteiger partial charge in [-0.1, -0.05) is 12.1 Å². The summed E-state index contributed by atoms with van der Waals surface area (Å²) in [6.07, 6.45) is 3.84. The normalized spacial score (nSPS) is 17.4. The molecule has 13 heteroatoms. The Morgan fingerprint density at radius 1 is 1.24 bits per heavy atom. The number of halogens is 1. The molecule has 0 aliphatic carbocycles. The maximum Gasteiger partial charge on any atom is 0.409 e. The minimum absolute atomic E-state index is 0.00572. The zero-order valence-corrected chi connectivity index (χ0v) is 19.6. The van der Waals surface area contributed by atoms with Gasteiger partial charge in [-0.25, -0.2) is 17.6 Å². The lowest BCUT2D eigenvalue weighted by molar-refractivity contribution is -0.757. The van der Waals surface area contributed by atoms with Gasteiger partial charge in [0.2, 0.25) is 10.0 Å². The highest BCUT2D eigenvalue weighted by Crippen LogP contribution is 2.29. The second-order valence-electron chi connectivity index (χ2n) is 7.97. The van der Waals surface area contributed by atoms with Crippen LogP contribution < -0.4 is 0 Å². The SMILES string of the molecule is C[C@H]1CN(C(=O)OCCCCCO[N+](=O)[O-])CCCN1S(=O)(=O)c1cccc2cncc(F)c12. The number of nitrogens with zero attached hydrogens (tertiary/aromatic N) is 4. The van der Waals surface area contributed by atoms with E-state index in [9.17, 15) is 27.7 Å². The van der Waals surface area contributed by atoms with Crippen molar-refractivity contribution >= 4 is 26.9 Å². The zero-order chi connectivity index (χ0) is 24.7. The highest BCUT2D eigenvalue weighted by molar-refractivity contribution is 7.89. The van der Waals surface area contributed by atoms with E-state index in [2.05, 4.69) is 9.82 Å². The van der Waals surface area contributed by atoms with E-state index in [-0.39, 0.29) is 36.6 Å². The summed E-state index contributed by atoms with van der Waals surface area (Å²) < 4.78 is 48.0. The van der Waals surface area contributed by atoms with Gasteiger partial charge in [-0.2, -0.15) is 4.31 Å². The number of hydrogen-bond donors (Lipinski definition) is 0. The molecule has 0 saturated carbocycles. The van der Waals surface area contributed by atoms with Crippen LogP contribution in [0.2, 0.25) is 0 Å². The van der Waals surface area contributed by atoms with Gasteiger partial charge in [-0.15, -0.1) is 10.1 Å². The molecule has 2 heterocycles. The molecule has 1 fully saturated rings. The summed E-state index contributed by atoms with van der Waals surface area (Å²) >= 11 is 0. The van der Waals surface area contributed by atoms with E-state index in [0.29, 0.717) is 37.6 Å². The van der Waals surface area contributed by atoms with Crippen molar-refractivity contribution < 1.29 is 32.3 Å². The highest BCUT2D eigenvalue weighted by Gasteiger charge is 2.35. The number of unbranched alkanes of at least 4 members (excludes halogenated alkanes) is 2. The van der Waals surface area contributed by atoms with Crippen LogP contribution in [0, 0.1) is 15.9 Å². The van der Waals surface area contributed by atoms with E-state index in [1.807, 2.05) is 0 Å². The second kappa shape index (κ2) is 11.4. The second-order valence-corrected chi connectivity index (χ2v) is 9.83. The third-order valence-corrected chi connectivity index (χ3v) is 7.59. The lowest BCUT2D eigenvalue weighted by atomic mass is 10.2. The fraction of sp³-hybridized carbons (Fsp3) is 0.524. The number of fused-ring (bicyclic) bond motifs is 1. The van der Waals surface area contributed by atoms with Gasteiger partial charge in [0.1, 0.15) is 0 Å². The van der Waals surface area contributed by atoms with Crippen LogP contribution in [0.3, 0.4) is 0 Å². The Kier molecular flexibility index (Phi) is 8.56. The van der Waals surface area contributed by atoms with Crippen LogP contribution in [-0.2, 0) is 19.6 Å². The monoisotopic (exact) mass is 498 g/mol. The van der Waals surface area contributed by atoms with E-state index in [0.717, 1.165) is 6.20 Å². The maximum absolute atomic E-state index is 14.5. The van der Waals surface area contributed by atoms with Gasteiger partial charge >= 0.3 is 6.09 Å². The van der Waals surface area contributed by atoms with Crippen molar-refractivity contribution in [2.45, 2.75) is 43.5 Å². The molecule has 0 spiro atoms. The fourth-order valence-electron chi connectivity index (χ4n) is 3.93. The highest BCUT2D eigenvalue weighted by atomic mass is 32.2. The van der Waals surface area contributed by atoms with Crippen LogP contribution in [0.1, 0.15) is 32.6 Å². The van der Waals surface area contributed by atoms with Crippen LogP contribution >= 0.6 is 0 Å². The molecule has 34 heavy (non-hydrogen) atoms. The first-order valence-corrected chi connectivity index (χ1v) is 12.4. The van der Waals surface area contributed by atoms with E-state index in [4.69, 9.17) is 4.74 Å². The molecule has 11 nitrogen and oxygen atoms in total. The first kappa shape index (κ1) is 25.6. The van der Waals surface area contributed by atoms with Crippen LogP contribution in [0.25, 0.3) is 10.8 Å². The molecule has 0 unspecified atom stereocenters. The number of carbonyl (C=O) groups is 1. The predicted octanol–water partition coefficient (Wildman–Crippen LogP) is 2.97. The standard InChI is InChI=1S/C21H27FN4O7S/c1-16-15-24(21(27)32-11-3-2-4-12-33-26(28)29)9-6-10-25(16)34(30,31)19-8-5-7-17-13-23-14-18(22)20(17)19/h5,7-8,13-14,16H,2-4,6,9-12,15H2,1H3/t16-/m0/s1. The molecule has 1 aromatic heterocycles. The maximum atomic E-state index is 14.5. The molecule has 1 aromatic carbocycles. The zero-order valence-electron chi connectivity index (χ0n) is 18.8. The van der Waals surface area contributed by atoms with Crippen LogP contribution in [-0.4, -0.2) is 72.7 Å². The summed E-state index contributed by atoms with van der Waals surface area (Å²) in [4.78, 5) is 31.9. The molecule has 2 aromatic rings. The summed E-state index contributed by atoms with van der Waals surface area (Å²) in [6.45, 7) is 2.46. The van der Waals surface area contributed by atoms with Crippen molar-refractivity contribution in [3.63, 3.8) is 0 Å². The minimum atomic E-state index is -4.04. The molecule has 1 aliphatic heterocycles. The summed E-state index contributed by atoms with van der Waals surface area (Å²) in [5, 5.41) is 9.63. The molecule has 1 saturated heterocycles. The van der Waals surface area contributed by atoms with E-state index >= 15 is 0 Å². The average Bonchev–Trinajstić information content (AvgIpc) is 3.00. The summed E-state index contributed by atoms with van der Waals surface area (Å²) in [5.74, 6) is -0.714. The third kappa shape index (κ3) is 6.08. The van der Waals surface area contributed by atoms with Crippen molar-refractivity contribution in [2.75, 3.05) is 32.8 Å². The number of amides is 1. The molecular weight excluding hydrogens is 471 g/mol. The lowest BCUT2D eigenvalue weighted by Gasteiger charge is -2.28. The summed E-state index contributed by atoms with van der Waals surface area (Å²) in [5.41, 5.74) is 0. The van der Waals surface area contributed by atoms with Gasteiger partial charge in [0.15, 0.2) is 5.82 Å². The number of ether oxygens (including phenoxy) is 1. The van der Waals surface area contributed by atoms with Crippen LogP contribution in [0.15, 0.2) is 35.5 Å². The average molecular weight is 499 g/mol. The van der Waals surface area contributed by atoms with Gasteiger partial charge in [-0.3, -0.25) is 4.98 Å². The van der Waals surface area contributed by atoms with Crippen molar-refractivity contribution in [1.29, 1.82) is 0 Å². The van der Waals surface area contributed by atoms with E-state index in [1.54, 1.807) is 19.1 Å². The Labute approximate surface area is 196 Å². The summed E-state index contributed by atoms with van der Waals surface area (Å²) in [6, 6.07) is 3.97. The number of pyridine rings is 1. The lowest BCUT2D eigenvalue weighted by Crippen LogP contribution is -2.44. The number of aromatic nitrogens is 1. The number of hydrogen-bond acceptors (Lipinski definition) is 8. The Morgan fingerprint density at radius 3 is 2.76 bits per heavy atom. The number of sulfonamides is 1. The minimum Gasteiger partial charge on any atom is -0.449 e. The Balaban J connectivity index is 1.61. The third-order valence-electron chi connectivity index (χ3n) is 5.54. The smallest absolute Gasteiger partial charge is 0.409 e. The van der Waals surface area contributed by atoms with Gasteiger partial charge in [-0.05, 0) is 38.7 Å². The number of benzene rings is 1. The molecule has 186 valence electrons. The quantitative estimate of drug-likeness (QED) is 0.293. The molecule has 0 N–H and O–H groups in total. The van der Waals surface area contributed by atoms with E-state index in [1.165, 1.54) is 21.5 Å². The Hall–Kier alpha value is -3.06. The first-order chi connectivity index (χ1) is 16.2. The van der Waals surface area contributed by atoms with Gasteiger partial charge < -0.3 is 14.5 Å². The largest absolute Gasteiger partial charge is 0.449 e. The van der Waals surface area contributed by atoms with Crippen molar-refractivity contribution in [1.82, 2.24) is 14.2 Å². The topological polar surface area (TPSA) is 132 Å². The van der Waals surface area contributed by atoms with E-state index < -0.39 is 33.1 Å². The molecule has 1 aliphatic rings. The molecule has 3 rings (SSSR count). The molecule has 1 atom stereocenters. The van der Waals surface area contributed by atoms with Crippen LogP contribution in [0.5, 0.6) is 0 Å². The predicted molar refractivity (Wildman–Crippen MR) is 119 cm³/mol. The number of carbonyl (C=O) groups excluding carboxylic acids is 1. The molecule has 0 radical (unpaired) electrons. The molecule has 1 amide bonds. The fourth-order valence-corrected chi connectivity index (χ4v) is 5.82. The van der Waals surface area contributed by atoms with Crippen molar-refractivity contribution in [3.8, 4) is 0 Å². The van der Waals surface area contributed by atoms with Gasteiger partial charge in [0.05, 0.1) is 24.3 Å².